The normalized spacial score (nSPS) is 10.7. The zero-order chi connectivity index (χ0) is 15.4. The summed E-state index contributed by atoms with van der Waals surface area (Å²) in [7, 11) is 0. The van der Waals surface area contributed by atoms with E-state index in [2.05, 4.69) is 17.9 Å². The van der Waals surface area contributed by atoms with Gasteiger partial charge in [-0.2, -0.15) is 0 Å². The maximum atomic E-state index is 11.5. The summed E-state index contributed by atoms with van der Waals surface area (Å²) in [5.41, 5.74) is 0.958. The second-order valence-corrected chi connectivity index (χ2v) is 5.34. The molecule has 21 heavy (non-hydrogen) atoms. The topological polar surface area (TPSA) is 53.4 Å². The van der Waals surface area contributed by atoms with E-state index in [0.29, 0.717) is 22.8 Å². The average molecular weight is 327 g/mol. The first kappa shape index (κ1) is 15.7. The summed E-state index contributed by atoms with van der Waals surface area (Å²) in [4.78, 5) is 11.5. The molecule has 0 aliphatic carbocycles. The molecule has 0 spiro atoms. The van der Waals surface area contributed by atoms with Crippen molar-refractivity contribution in [2.75, 3.05) is 0 Å². The molecule has 0 amide bonds. The van der Waals surface area contributed by atoms with Gasteiger partial charge in [0.1, 0.15) is 12.4 Å². The van der Waals surface area contributed by atoms with Crippen molar-refractivity contribution in [1.29, 1.82) is 0 Å². The molecule has 1 aromatic carbocycles. The van der Waals surface area contributed by atoms with Gasteiger partial charge >= 0.3 is 0 Å². The summed E-state index contributed by atoms with van der Waals surface area (Å²) in [6.45, 7) is 3.94. The third kappa shape index (κ3) is 4.15. The van der Waals surface area contributed by atoms with Crippen molar-refractivity contribution in [3.8, 4) is 11.6 Å². The Morgan fingerprint density at radius 2 is 2.19 bits per heavy atom. The molecule has 112 valence electrons. The molecule has 0 saturated heterocycles. The number of hydrogen-bond donors (Lipinski definition) is 1. The Morgan fingerprint density at radius 1 is 1.43 bits per heavy atom. The van der Waals surface area contributed by atoms with Gasteiger partial charge in [-0.05, 0) is 50.4 Å². The monoisotopic (exact) mass is 326 g/mol. The number of benzene rings is 1. The third-order valence-corrected chi connectivity index (χ3v) is 3.05. The fraction of sp³-hybridized carbons (Fsp3) is 0.286. The second kappa shape index (κ2) is 6.87. The van der Waals surface area contributed by atoms with Crippen LogP contribution in [0.5, 0.6) is 11.6 Å². The molecular formula is C14H15ClN2O3S. The van der Waals surface area contributed by atoms with Crippen LogP contribution in [0.15, 0.2) is 30.5 Å². The van der Waals surface area contributed by atoms with E-state index >= 15 is 0 Å². The maximum absolute atomic E-state index is 11.5. The summed E-state index contributed by atoms with van der Waals surface area (Å²) < 4.78 is 12.6. The van der Waals surface area contributed by atoms with E-state index in [1.807, 2.05) is 13.8 Å². The van der Waals surface area contributed by atoms with Gasteiger partial charge in [-0.3, -0.25) is 4.79 Å². The van der Waals surface area contributed by atoms with Crippen LogP contribution in [0.3, 0.4) is 0 Å². The van der Waals surface area contributed by atoms with E-state index in [1.54, 1.807) is 30.5 Å². The van der Waals surface area contributed by atoms with Crippen LogP contribution in [-0.4, -0.2) is 20.5 Å². The highest BCUT2D eigenvalue weighted by molar-refractivity contribution is 7.78. The number of thiol groups is 1. The van der Waals surface area contributed by atoms with Gasteiger partial charge < -0.3 is 9.47 Å². The lowest BCUT2D eigenvalue weighted by Gasteiger charge is -2.16. The lowest BCUT2D eigenvalue weighted by Crippen LogP contribution is -2.11. The highest BCUT2D eigenvalue weighted by atomic mass is 35.5. The summed E-state index contributed by atoms with van der Waals surface area (Å²) >= 11 is 9.65. The van der Waals surface area contributed by atoms with Crippen molar-refractivity contribution in [2.45, 2.75) is 26.6 Å². The Labute approximate surface area is 133 Å². The number of rotatable bonds is 6. The molecule has 0 aliphatic heterocycles. The first-order chi connectivity index (χ1) is 9.97. The van der Waals surface area contributed by atoms with Crippen LogP contribution in [-0.2, 0) is 6.61 Å². The Balaban J connectivity index is 2.27. The van der Waals surface area contributed by atoms with Crippen LogP contribution >= 0.6 is 24.4 Å². The fourth-order valence-electron chi connectivity index (χ4n) is 1.78. The summed E-state index contributed by atoms with van der Waals surface area (Å²) in [5.74, 6) is 0.971. The van der Waals surface area contributed by atoms with E-state index in [1.165, 1.54) is 4.09 Å². The largest absolute Gasteiger partial charge is 0.491 e. The number of carbonyl (C=O) groups is 1. The van der Waals surface area contributed by atoms with Gasteiger partial charge in [0, 0.05) is 23.4 Å². The molecule has 0 saturated carbocycles. The predicted molar refractivity (Wildman–Crippen MR) is 83.3 cm³/mol. The SMILES string of the molecule is CC(C)Oc1cccc(C(=O)Cl)c1COc1ccn(S)n1. The minimum Gasteiger partial charge on any atom is -0.491 e. The summed E-state index contributed by atoms with van der Waals surface area (Å²) in [6, 6.07) is 6.80. The molecular weight excluding hydrogens is 312 g/mol. The van der Waals surface area contributed by atoms with Crippen LogP contribution in [0.1, 0.15) is 29.8 Å². The number of ether oxygens (including phenoxy) is 2. The molecule has 0 unspecified atom stereocenters. The fourth-order valence-corrected chi connectivity index (χ4v) is 2.12. The number of nitrogens with zero attached hydrogens (tertiary/aromatic N) is 2. The predicted octanol–water partition coefficient (Wildman–Crippen LogP) is 3.32. The van der Waals surface area contributed by atoms with E-state index in [-0.39, 0.29) is 12.7 Å². The van der Waals surface area contributed by atoms with Gasteiger partial charge in [-0.1, -0.05) is 6.07 Å². The number of hydrogen-bond acceptors (Lipinski definition) is 5. The van der Waals surface area contributed by atoms with E-state index < -0.39 is 5.24 Å². The maximum Gasteiger partial charge on any atom is 0.252 e. The smallest absolute Gasteiger partial charge is 0.252 e. The summed E-state index contributed by atoms with van der Waals surface area (Å²) in [6.07, 6.45) is 1.61. The van der Waals surface area contributed by atoms with Crippen molar-refractivity contribution >= 4 is 29.7 Å². The molecule has 2 aromatic rings. The van der Waals surface area contributed by atoms with Gasteiger partial charge in [-0.15, -0.1) is 5.10 Å². The quantitative estimate of drug-likeness (QED) is 0.653. The van der Waals surface area contributed by atoms with Crippen LogP contribution in [0.2, 0.25) is 0 Å². The minimum atomic E-state index is -0.553. The Kier molecular flexibility index (Phi) is 5.14. The molecule has 0 bridgehead atoms. The molecule has 2 rings (SSSR count). The van der Waals surface area contributed by atoms with Gasteiger partial charge in [0.2, 0.25) is 5.88 Å². The van der Waals surface area contributed by atoms with Crippen molar-refractivity contribution < 1.29 is 14.3 Å². The first-order valence-electron chi connectivity index (χ1n) is 6.33. The number of halogens is 1. The molecule has 0 aliphatic rings. The highest BCUT2D eigenvalue weighted by Crippen LogP contribution is 2.26. The van der Waals surface area contributed by atoms with Gasteiger partial charge in [-0.25, -0.2) is 4.09 Å². The van der Waals surface area contributed by atoms with Gasteiger partial charge in [0.05, 0.1) is 6.10 Å². The molecule has 1 aromatic heterocycles. The van der Waals surface area contributed by atoms with Crippen LogP contribution in [0.4, 0.5) is 0 Å². The van der Waals surface area contributed by atoms with Crippen LogP contribution in [0.25, 0.3) is 0 Å². The van der Waals surface area contributed by atoms with Crippen molar-refractivity contribution in [2.24, 2.45) is 0 Å². The molecule has 0 radical (unpaired) electrons. The zero-order valence-corrected chi connectivity index (χ0v) is 13.3. The zero-order valence-electron chi connectivity index (χ0n) is 11.6. The van der Waals surface area contributed by atoms with Gasteiger partial charge in [0.25, 0.3) is 5.24 Å². The molecule has 1 heterocycles. The van der Waals surface area contributed by atoms with Crippen molar-refractivity contribution in [3.63, 3.8) is 0 Å². The molecule has 0 atom stereocenters. The number of carbonyl (C=O) groups excluding carboxylic acids is 1. The molecule has 0 N–H and O–H groups in total. The Bertz CT molecular complexity index is 643. The second-order valence-electron chi connectivity index (χ2n) is 4.59. The minimum absolute atomic E-state index is 0.0268. The first-order valence-corrected chi connectivity index (χ1v) is 7.11. The van der Waals surface area contributed by atoms with E-state index in [4.69, 9.17) is 21.1 Å². The average Bonchev–Trinajstić information content (AvgIpc) is 2.82. The standard InChI is InChI=1S/C14H15ClN2O3S/c1-9(2)20-12-5-3-4-10(14(15)18)11(12)8-19-13-6-7-17(21)16-13/h3-7,9,21H,8H2,1-2H3. The third-order valence-electron chi connectivity index (χ3n) is 2.62. The Hall–Kier alpha value is -1.66. The van der Waals surface area contributed by atoms with Crippen molar-refractivity contribution in [3.05, 3.63) is 41.6 Å². The van der Waals surface area contributed by atoms with Crippen LogP contribution < -0.4 is 9.47 Å². The Morgan fingerprint density at radius 3 is 2.76 bits per heavy atom. The lowest BCUT2D eigenvalue weighted by molar-refractivity contribution is 0.107. The molecule has 5 nitrogen and oxygen atoms in total. The summed E-state index contributed by atoms with van der Waals surface area (Å²) in [5, 5.41) is 3.44. The molecule has 7 heteroatoms. The highest BCUT2D eigenvalue weighted by Gasteiger charge is 2.16. The van der Waals surface area contributed by atoms with E-state index in [0.717, 1.165) is 0 Å². The van der Waals surface area contributed by atoms with Crippen molar-refractivity contribution in [1.82, 2.24) is 9.19 Å². The van der Waals surface area contributed by atoms with Gasteiger partial charge in [0.15, 0.2) is 0 Å². The molecule has 0 fully saturated rings. The number of aromatic nitrogens is 2. The van der Waals surface area contributed by atoms with Crippen LogP contribution in [0, 0.1) is 0 Å². The lowest BCUT2D eigenvalue weighted by atomic mass is 10.1. The van der Waals surface area contributed by atoms with E-state index in [9.17, 15) is 4.79 Å².